The average Bonchev–Trinajstić information content (AvgIpc) is 2.40. The van der Waals surface area contributed by atoms with Crippen LogP contribution in [0.15, 0.2) is 36.7 Å². The smallest absolute Gasteiger partial charge is 0.404 e. The molecule has 0 saturated heterocycles. The summed E-state index contributed by atoms with van der Waals surface area (Å²) in [6.07, 6.45) is -1.83. The number of hydrogen-bond acceptors (Lipinski definition) is 5. The fourth-order valence-electron chi connectivity index (χ4n) is 1.61. The molecule has 2 aromatic rings. The molecule has 0 atom stereocenters. The number of hydrogen-bond donors (Lipinski definition) is 2. The van der Waals surface area contributed by atoms with Gasteiger partial charge in [-0.15, -0.1) is 13.2 Å². The number of nitrogens with zero attached hydrogens (tertiary/aromatic N) is 2. The summed E-state index contributed by atoms with van der Waals surface area (Å²) in [5.41, 5.74) is 0.151. The summed E-state index contributed by atoms with van der Waals surface area (Å²) in [6, 6.07) is 5.72. The first kappa shape index (κ1) is 14.9. The topological polar surface area (TPSA) is 59.1 Å². The van der Waals surface area contributed by atoms with E-state index in [0.29, 0.717) is 18.2 Å². The van der Waals surface area contributed by atoms with E-state index in [2.05, 4.69) is 25.3 Å². The highest BCUT2D eigenvalue weighted by atomic mass is 19.4. The van der Waals surface area contributed by atoms with Crippen molar-refractivity contribution in [3.8, 4) is 5.75 Å². The van der Waals surface area contributed by atoms with E-state index < -0.39 is 6.36 Å². The Labute approximate surface area is 119 Å². The van der Waals surface area contributed by atoms with Crippen molar-refractivity contribution < 1.29 is 17.9 Å². The normalized spacial score (nSPS) is 11.0. The van der Waals surface area contributed by atoms with Gasteiger partial charge in [-0.25, -0.2) is 4.98 Å². The maximum atomic E-state index is 12.3. The quantitative estimate of drug-likeness (QED) is 0.884. The van der Waals surface area contributed by atoms with Crippen molar-refractivity contribution in [1.29, 1.82) is 0 Å². The van der Waals surface area contributed by atoms with Gasteiger partial charge in [-0.1, -0.05) is 12.1 Å². The SMILES string of the molecule is CCNc1cncc(Nc2ccccc2OC(F)(F)F)n1. The van der Waals surface area contributed by atoms with E-state index in [9.17, 15) is 13.2 Å². The molecule has 21 heavy (non-hydrogen) atoms. The predicted octanol–water partition coefficient (Wildman–Crippen LogP) is 3.55. The third-order valence-electron chi connectivity index (χ3n) is 2.37. The minimum Gasteiger partial charge on any atom is -0.404 e. The zero-order chi connectivity index (χ0) is 15.3. The monoisotopic (exact) mass is 298 g/mol. The van der Waals surface area contributed by atoms with Crippen LogP contribution in [0.25, 0.3) is 0 Å². The van der Waals surface area contributed by atoms with Crippen LogP contribution < -0.4 is 15.4 Å². The Hall–Kier alpha value is -2.51. The van der Waals surface area contributed by atoms with Gasteiger partial charge in [-0.05, 0) is 19.1 Å². The zero-order valence-electron chi connectivity index (χ0n) is 11.1. The molecule has 0 radical (unpaired) electrons. The van der Waals surface area contributed by atoms with Crippen molar-refractivity contribution in [3.05, 3.63) is 36.7 Å². The molecule has 112 valence electrons. The van der Waals surface area contributed by atoms with Crippen LogP contribution in [-0.2, 0) is 0 Å². The molecule has 8 heteroatoms. The Bertz CT molecular complexity index is 604. The Morgan fingerprint density at radius 2 is 1.86 bits per heavy atom. The van der Waals surface area contributed by atoms with Gasteiger partial charge < -0.3 is 15.4 Å². The molecule has 0 spiro atoms. The summed E-state index contributed by atoms with van der Waals surface area (Å²) in [4.78, 5) is 8.13. The molecule has 0 bridgehead atoms. The van der Waals surface area contributed by atoms with E-state index in [1.807, 2.05) is 6.92 Å². The number of benzene rings is 1. The van der Waals surface area contributed by atoms with Crippen LogP contribution in [0.1, 0.15) is 6.92 Å². The number of nitrogens with one attached hydrogen (secondary N) is 2. The lowest BCUT2D eigenvalue weighted by Gasteiger charge is -2.14. The summed E-state index contributed by atoms with van der Waals surface area (Å²) < 4.78 is 41.0. The molecule has 0 amide bonds. The molecule has 2 N–H and O–H groups in total. The maximum Gasteiger partial charge on any atom is 0.573 e. The van der Waals surface area contributed by atoms with Crippen molar-refractivity contribution in [3.63, 3.8) is 0 Å². The summed E-state index contributed by atoms with van der Waals surface area (Å²) in [5, 5.41) is 5.72. The van der Waals surface area contributed by atoms with Gasteiger partial charge in [0.05, 0.1) is 18.1 Å². The van der Waals surface area contributed by atoms with Crippen molar-refractivity contribution in [2.24, 2.45) is 0 Å². The zero-order valence-corrected chi connectivity index (χ0v) is 11.1. The van der Waals surface area contributed by atoms with Crippen molar-refractivity contribution in [2.75, 3.05) is 17.2 Å². The molecule has 2 rings (SSSR count). The van der Waals surface area contributed by atoms with Crippen LogP contribution in [0.2, 0.25) is 0 Å². The first-order valence-electron chi connectivity index (χ1n) is 6.15. The number of halogens is 3. The lowest BCUT2D eigenvalue weighted by atomic mass is 10.3. The molecule has 0 saturated carbocycles. The molecular formula is C13H13F3N4O. The van der Waals surface area contributed by atoms with Gasteiger partial charge >= 0.3 is 6.36 Å². The lowest BCUT2D eigenvalue weighted by Crippen LogP contribution is -2.18. The second kappa shape index (κ2) is 6.29. The van der Waals surface area contributed by atoms with Crippen LogP contribution >= 0.6 is 0 Å². The summed E-state index contributed by atoms with van der Waals surface area (Å²) in [6.45, 7) is 2.56. The van der Waals surface area contributed by atoms with Crippen LogP contribution in [0.3, 0.4) is 0 Å². The second-order valence-electron chi connectivity index (χ2n) is 3.99. The highest BCUT2D eigenvalue weighted by Gasteiger charge is 2.32. The fourth-order valence-corrected chi connectivity index (χ4v) is 1.61. The highest BCUT2D eigenvalue weighted by molar-refractivity contribution is 5.64. The van der Waals surface area contributed by atoms with E-state index in [1.165, 1.54) is 30.6 Å². The van der Waals surface area contributed by atoms with Gasteiger partial charge in [0.1, 0.15) is 5.82 Å². The van der Waals surface area contributed by atoms with E-state index in [4.69, 9.17) is 0 Å². The minimum absolute atomic E-state index is 0.151. The van der Waals surface area contributed by atoms with Crippen LogP contribution in [-0.4, -0.2) is 22.9 Å². The van der Waals surface area contributed by atoms with Crippen molar-refractivity contribution >= 4 is 17.3 Å². The molecular weight excluding hydrogens is 285 g/mol. The van der Waals surface area contributed by atoms with E-state index in [0.717, 1.165) is 0 Å². The summed E-state index contributed by atoms with van der Waals surface area (Å²) >= 11 is 0. The van der Waals surface area contributed by atoms with Gasteiger partial charge in [0, 0.05) is 6.54 Å². The molecule has 1 heterocycles. The Morgan fingerprint density at radius 3 is 2.57 bits per heavy atom. The molecule has 1 aromatic heterocycles. The molecule has 0 unspecified atom stereocenters. The van der Waals surface area contributed by atoms with E-state index >= 15 is 0 Å². The summed E-state index contributed by atoms with van der Waals surface area (Å²) in [5.74, 6) is 0.504. The van der Waals surface area contributed by atoms with Crippen molar-refractivity contribution in [2.45, 2.75) is 13.3 Å². The average molecular weight is 298 g/mol. The number of para-hydroxylation sites is 2. The second-order valence-corrected chi connectivity index (χ2v) is 3.99. The van der Waals surface area contributed by atoms with Gasteiger partial charge in [0.2, 0.25) is 0 Å². The number of rotatable bonds is 5. The summed E-state index contributed by atoms with van der Waals surface area (Å²) in [7, 11) is 0. The van der Waals surface area contributed by atoms with E-state index in [1.54, 1.807) is 6.07 Å². The van der Waals surface area contributed by atoms with Crippen LogP contribution in [0, 0.1) is 0 Å². The highest BCUT2D eigenvalue weighted by Crippen LogP contribution is 2.31. The van der Waals surface area contributed by atoms with Gasteiger partial charge in [0.15, 0.2) is 11.6 Å². The third-order valence-corrected chi connectivity index (χ3v) is 2.37. The fraction of sp³-hybridized carbons (Fsp3) is 0.231. The largest absolute Gasteiger partial charge is 0.573 e. The Balaban J connectivity index is 2.21. The molecule has 1 aromatic carbocycles. The molecule has 0 aliphatic heterocycles. The van der Waals surface area contributed by atoms with E-state index in [-0.39, 0.29) is 11.4 Å². The Kier molecular flexibility index (Phi) is 4.46. The molecule has 0 aliphatic carbocycles. The maximum absolute atomic E-state index is 12.3. The number of aromatic nitrogens is 2. The minimum atomic E-state index is -4.75. The van der Waals surface area contributed by atoms with Crippen LogP contribution in [0.4, 0.5) is 30.5 Å². The number of anilines is 3. The molecule has 0 fully saturated rings. The first-order chi connectivity index (χ1) is 9.98. The van der Waals surface area contributed by atoms with Crippen LogP contribution in [0.5, 0.6) is 5.75 Å². The third kappa shape index (κ3) is 4.51. The van der Waals surface area contributed by atoms with Gasteiger partial charge in [-0.2, -0.15) is 0 Å². The number of alkyl halides is 3. The van der Waals surface area contributed by atoms with Crippen molar-refractivity contribution in [1.82, 2.24) is 9.97 Å². The van der Waals surface area contributed by atoms with Gasteiger partial charge in [0.25, 0.3) is 0 Å². The van der Waals surface area contributed by atoms with Gasteiger partial charge in [-0.3, -0.25) is 4.98 Å². The lowest BCUT2D eigenvalue weighted by molar-refractivity contribution is -0.274. The molecule has 0 aliphatic rings. The predicted molar refractivity (Wildman–Crippen MR) is 72.6 cm³/mol. The first-order valence-corrected chi connectivity index (χ1v) is 6.15. The standard InChI is InChI=1S/C13H13F3N4O/c1-2-18-11-7-17-8-12(20-11)19-9-5-3-4-6-10(9)21-13(14,15)16/h3-8H,2H2,1H3,(H2,18,19,20). The Morgan fingerprint density at radius 1 is 1.14 bits per heavy atom. The number of ether oxygens (including phenoxy) is 1. The molecule has 5 nitrogen and oxygen atoms in total.